The molecule has 4 nitrogen and oxygen atoms in total. The smallest absolute Gasteiger partial charge is 0.202 e. The summed E-state index contributed by atoms with van der Waals surface area (Å²) in [5.41, 5.74) is 10.2. The number of benzene rings is 2. The first kappa shape index (κ1) is 12.9. The number of hydrogen-bond acceptors (Lipinski definition) is 3. The molecule has 1 heterocycles. The summed E-state index contributed by atoms with van der Waals surface area (Å²) in [6.07, 6.45) is 0. The molecule has 5 heteroatoms. The Morgan fingerprint density at radius 1 is 1.20 bits per heavy atom. The van der Waals surface area contributed by atoms with Crippen molar-refractivity contribution in [2.45, 2.75) is 23.9 Å². The maximum Gasteiger partial charge on any atom is 0.202 e. The highest BCUT2D eigenvalue weighted by Gasteiger charge is 2.15. The van der Waals surface area contributed by atoms with Gasteiger partial charge in [0.25, 0.3) is 0 Å². The standard InChI is InChI=1S/C15H15N3OS/c1-9-6-7-12-13(8-9)18-15(17-12)20(19)14-5-3-4-11(16)10(14)2/h3-8H,16H2,1-2H3,(H,17,18). The fourth-order valence-electron chi connectivity index (χ4n) is 2.12. The largest absolute Gasteiger partial charge is 0.398 e. The predicted octanol–water partition coefficient (Wildman–Crippen LogP) is 2.93. The number of H-pyrrole nitrogens is 1. The lowest BCUT2D eigenvalue weighted by Crippen LogP contribution is -2.00. The summed E-state index contributed by atoms with van der Waals surface area (Å²) in [6.45, 7) is 3.88. The third-order valence-corrected chi connectivity index (χ3v) is 4.70. The average Bonchev–Trinajstić information content (AvgIpc) is 2.84. The molecule has 2 aromatic carbocycles. The number of aromatic nitrogens is 2. The quantitative estimate of drug-likeness (QED) is 0.711. The van der Waals surface area contributed by atoms with E-state index in [-0.39, 0.29) is 0 Å². The van der Waals surface area contributed by atoms with Crippen LogP contribution in [0.25, 0.3) is 11.0 Å². The summed E-state index contributed by atoms with van der Waals surface area (Å²) in [5.74, 6) is 0. The molecule has 20 heavy (non-hydrogen) atoms. The van der Waals surface area contributed by atoms with Gasteiger partial charge in [0.15, 0.2) is 0 Å². The maximum absolute atomic E-state index is 12.6. The van der Waals surface area contributed by atoms with E-state index in [9.17, 15) is 4.21 Å². The van der Waals surface area contributed by atoms with E-state index in [2.05, 4.69) is 9.97 Å². The lowest BCUT2D eigenvalue weighted by molar-refractivity contribution is 0.677. The summed E-state index contributed by atoms with van der Waals surface area (Å²) in [4.78, 5) is 8.23. The van der Waals surface area contributed by atoms with Crippen molar-refractivity contribution in [2.24, 2.45) is 0 Å². The van der Waals surface area contributed by atoms with Crippen molar-refractivity contribution < 1.29 is 4.21 Å². The van der Waals surface area contributed by atoms with E-state index in [1.807, 2.05) is 44.2 Å². The Morgan fingerprint density at radius 3 is 2.80 bits per heavy atom. The Kier molecular flexibility index (Phi) is 3.06. The Bertz CT molecular complexity index is 823. The van der Waals surface area contributed by atoms with Gasteiger partial charge in [-0.1, -0.05) is 12.1 Å². The highest BCUT2D eigenvalue weighted by Crippen LogP contribution is 2.24. The number of imidazole rings is 1. The first-order valence-electron chi connectivity index (χ1n) is 6.29. The van der Waals surface area contributed by atoms with Crippen LogP contribution in [-0.4, -0.2) is 14.2 Å². The van der Waals surface area contributed by atoms with Gasteiger partial charge >= 0.3 is 0 Å². The van der Waals surface area contributed by atoms with E-state index in [1.54, 1.807) is 6.07 Å². The van der Waals surface area contributed by atoms with Crippen LogP contribution in [0.3, 0.4) is 0 Å². The van der Waals surface area contributed by atoms with E-state index in [4.69, 9.17) is 5.73 Å². The van der Waals surface area contributed by atoms with Crippen molar-refractivity contribution in [2.75, 3.05) is 5.73 Å². The molecule has 0 aliphatic heterocycles. The second-order valence-electron chi connectivity index (χ2n) is 4.80. The molecule has 102 valence electrons. The molecule has 0 saturated heterocycles. The van der Waals surface area contributed by atoms with Gasteiger partial charge in [0.1, 0.15) is 10.8 Å². The third-order valence-electron chi connectivity index (χ3n) is 3.32. The lowest BCUT2D eigenvalue weighted by atomic mass is 10.2. The van der Waals surface area contributed by atoms with Crippen molar-refractivity contribution >= 4 is 27.5 Å². The van der Waals surface area contributed by atoms with Gasteiger partial charge in [0.2, 0.25) is 5.16 Å². The molecule has 0 amide bonds. The zero-order valence-electron chi connectivity index (χ0n) is 11.3. The minimum absolute atomic E-state index is 0.458. The molecule has 1 aromatic heterocycles. The summed E-state index contributed by atoms with van der Waals surface area (Å²) >= 11 is 0. The lowest BCUT2D eigenvalue weighted by Gasteiger charge is -2.05. The van der Waals surface area contributed by atoms with Gasteiger partial charge in [0.05, 0.1) is 15.9 Å². The first-order valence-corrected chi connectivity index (χ1v) is 7.44. The molecule has 0 fully saturated rings. The molecule has 0 saturated carbocycles. The van der Waals surface area contributed by atoms with Gasteiger partial charge in [0, 0.05) is 5.69 Å². The number of aryl methyl sites for hydroxylation is 1. The number of hydrogen-bond donors (Lipinski definition) is 2. The topological polar surface area (TPSA) is 71.8 Å². The van der Waals surface area contributed by atoms with Gasteiger partial charge < -0.3 is 10.7 Å². The van der Waals surface area contributed by atoms with E-state index < -0.39 is 10.8 Å². The maximum atomic E-state index is 12.6. The zero-order valence-corrected chi connectivity index (χ0v) is 12.1. The van der Waals surface area contributed by atoms with Crippen molar-refractivity contribution in [1.29, 1.82) is 0 Å². The van der Waals surface area contributed by atoms with Crippen molar-refractivity contribution in [3.05, 3.63) is 47.5 Å². The van der Waals surface area contributed by atoms with Crippen LogP contribution in [0, 0.1) is 13.8 Å². The fraction of sp³-hybridized carbons (Fsp3) is 0.133. The molecule has 0 aliphatic carbocycles. The van der Waals surface area contributed by atoms with Gasteiger partial charge in [-0.3, -0.25) is 0 Å². The summed E-state index contributed by atoms with van der Waals surface area (Å²) in [7, 11) is -1.35. The fourth-order valence-corrected chi connectivity index (χ4v) is 3.31. The van der Waals surface area contributed by atoms with E-state index in [0.717, 1.165) is 22.2 Å². The molecular formula is C15H15N3OS. The van der Waals surface area contributed by atoms with Crippen LogP contribution in [0.2, 0.25) is 0 Å². The van der Waals surface area contributed by atoms with Crippen LogP contribution < -0.4 is 5.73 Å². The Morgan fingerprint density at radius 2 is 2.00 bits per heavy atom. The van der Waals surface area contributed by atoms with Gasteiger partial charge in [-0.15, -0.1) is 0 Å². The molecule has 0 radical (unpaired) electrons. The minimum atomic E-state index is -1.35. The van der Waals surface area contributed by atoms with E-state index >= 15 is 0 Å². The summed E-state index contributed by atoms with van der Waals surface area (Å²) < 4.78 is 12.6. The second-order valence-corrected chi connectivity index (χ2v) is 6.17. The van der Waals surface area contributed by atoms with Crippen LogP contribution in [0.1, 0.15) is 11.1 Å². The molecule has 3 aromatic rings. The minimum Gasteiger partial charge on any atom is -0.398 e. The Labute approximate surface area is 119 Å². The average molecular weight is 285 g/mol. The SMILES string of the molecule is Cc1ccc2nc(S(=O)c3cccc(N)c3C)[nH]c2c1. The number of aromatic amines is 1. The highest BCUT2D eigenvalue weighted by atomic mass is 32.2. The number of nitrogens with two attached hydrogens (primary N) is 1. The van der Waals surface area contributed by atoms with Gasteiger partial charge in [-0.2, -0.15) is 0 Å². The van der Waals surface area contributed by atoms with Crippen LogP contribution in [0.5, 0.6) is 0 Å². The summed E-state index contributed by atoms with van der Waals surface area (Å²) in [5, 5.41) is 0.458. The molecular weight excluding hydrogens is 270 g/mol. The van der Waals surface area contributed by atoms with Crippen LogP contribution in [-0.2, 0) is 10.8 Å². The number of fused-ring (bicyclic) bond motifs is 1. The number of nitrogen functional groups attached to an aromatic ring is 1. The molecule has 3 rings (SSSR count). The first-order chi connectivity index (χ1) is 9.56. The highest BCUT2D eigenvalue weighted by molar-refractivity contribution is 7.85. The molecule has 0 bridgehead atoms. The summed E-state index contributed by atoms with van der Waals surface area (Å²) in [6, 6.07) is 11.3. The number of nitrogens with one attached hydrogen (secondary N) is 1. The van der Waals surface area contributed by atoms with Crippen molar-refractivity contribution in [3.8, 4) is 0 Å². The van der Waals surface area contributed by atoms with Gasteiger partial charge in [-0.05, 0) is 49.2 Å². The molecule has 0 aliphatic rings. The Balaban J connectivity index is 2.10. The van der Waals surface area contributed by atoms with Crippen molar-refractivity contribution in [3.63, 3.8) is 0 Å². The Hall–Kier alpha value is -2.14. The number of rotatable bonds is 2. The van der Waals surface area contributed by atoms with Gasteiger partial charge in [-0.25, -0.2) is 9.19 Å². The van der Waals surface area contributed by atoms with Crippen LogP contribution >= 0.6 is 0 Å². The van der Waals surface area contributed by atoms with Crippen LogP contribution in [0.15, 0.2) is 46.5 Å². The van der Waals surface area contributed by atoms with E-state index in [0.29, 0.717) is 15.7 Å². The molecule has 0 spiro atoms. The van der Waals surface area contributed by atoms with Crippen molar-refractivity contribution in [1.82, 2.24) is 9.97 Å². The monoisotopic (exact) mass is 285 g/mol. The van der Waals surface area contributed by atoms with Crippen LogP contribution in [0.4, 0.5) is 5.69 Å². The normalized spacial score (nSPS) is 12.7. The second kappa shape index (κ2) is 4.76. The molecule has 1 unspecified atom stereocenters. The third kappa shape index (κ3) is 2.10. The molecule has 3 N–H and O–H groups in total. The number of anilines is 1. The predicted molar refractivity (Wildman–Crippen MR) is 81.1 cm³/mol. The molecule has 1 atom stereocenters. The number of nitrogens with zero attached hydrogens (tertiary/aromatic N) is 1. The zero-order chi connectivity index (χ0) is 14.3. The van der Waals surface area contributed by atoms with E-state index in [1.165, 1.54) is 0 Å².